The van der Waals surface area contributed by atoms with Crippen molar-refractivity contribution in [2.45, 2.75) is 52.0 Å². The fraction of sp³-hybridized carbons (Fsp3) is 1.00. The Kier molecular flexibility index (Phi) is 5.80. The molecule has 0 heterocycles. The lowest BCUT2D eigenvalue weighted by Crippen LogP contribution is -2.14. The number of nitrogens with zero attached hydrogens (tertiary/aromatic N) is 1. The van der Waals surface area contributed by atoms with Gasteiger partial charge in [-0.2, -0.15) is 0 Å². The molecule has 0 bridgehead atoms. The van der Waals surface area contributed by atoms with Gasteiger partial charge in [-0.1, -0.05) is 26.2 Å². The minimum atomic E-state index is -0.355. The van der Waals surface area contributed by atoms with Gasteiger partial charge in [0.15, 0.2) is 0 Å². The molecule has 3 nitrogen and oxygen atoms in total. The lowest BCUT2D eigenvalue weighted by molar-refractivity contribution is -0.519. The van der Waals surface area contributed by atoms with Crippen LogP contribution in [0.4, 0.5) is 0 Å². The van der Waals surface area contributed by atoms with Crippen molar-refractivity contribution in [1.82, 2.24) is 0 Å². The number of unbranched alkanes of at least 4 members (excludes halogenated alkanes) is 3. The average Bonchev–Trinajstić information content (AvgIpc) is 1.97. The maximum Gasteiger partial charge on any atom is 0.210 e. The average molecular weight is 159 g/mol. The van der Waals surface area contributed by atoms with Gasteiger partial charge in [0.2, 0.25) is 6.04 Å². The molecular weight excluding hydrogens is 142 g/mol. The third-order valence-corrected chi connectivity index (χ3v) is 1.84. The molecule has 0 aliphatic carbocycles. The molecule has 0 aromatic heterocycles. The maximum absolute atomic E-state index is 10.2. The molecule has 0 fully saturated rings. The van der Waals surface area contributed by atoms with Crippen LogP contribution in [0.2, 0.25) is 0 Å². The van der Waals surface area contributed by atoms with Crippen molar-refractivity contribution >= 4 is 0 Å². The second-order valence-electron chi connectivity index (χ2n) is 2.98. The van der Waals surface area contributed by atoms with Crippen LogP contribution in [0, 0.1) is 10.1 Å². The zero-order chi connectivity index (χ0) is 8.69. The standard InChI is InChI=1S/C8H17NO2/c1-3-4-5-6-7-8(2)9(10)11/h8H,3-7H2,1-2H3/t8-/m1/s1. The summed E-state index contributed by atoms with van der Waals surface area (Å²) in [5, 5.41) is 10.2. The van der Waals surface area contributed by atoms with Gasteiger partial charge in [0.25, 0.3) is 0 Å². The van der Waals surface area contributed by atoms with Gasteiger partial charge in [0, 0.05) is 18.3 Å². The van der Waals surface area contributed by atoms with E-state index in [9.17, 15) is 10.1 Å². The Morgan fingerprint density at radius 1 is 1.36 bits per heavy atom. The largest absolute Gasteiger partial charge is 0.264 e. The van der Waals surface area contributed by atoms with E-state index in [1.54, 1.807) is 6.92 Å². The molecule has 11 heavy (non-hydrogen) atoms. The van der Waals surface area contributed by atoms with Crippen LogP contribution in [-0.2, 0) is 0 Å². The van der Waals surface area contributed by atoms with E-state index in [4.69, 9.17) is 0 Å². The first-order chi connectivity index (χ1) is 5.18. The van der Waals surface area contributed by atoms with Gasteiger partial charge in [-0.05, 0) is 6.42 Å². The van der Waals surface area contributed by atoms with Gasteiger partial charge in [0.05, 0.1) is 0 Å². The molecule has 3 heteroatoms. The molecular formula is C8H17NO2. The Hall–Kier alpha value is -0.600. The summed E-state index contributed by atoms with van der Waals surface area (Å²) in [5.74, 6) is 0. The summed E-state index contributed by atoms with van der Waals surface area (Å²) < 4.78 is 0. The van der Waals surface area contributed by atoms with Gasteiger partial charge >= 0.3 is 0 Å². The fourth-order valence-corrected chi connectivity index (χ4v) is 0.972. The van der Waals surface area contributed by atoms with Gasteiger partial charge in [-0.3, -0.25) is 10.1 Å². The molecule has 0 N–H and O–H groups in total. The van der Waals surface area contributed by atoms with Crippen LogP contribution in [0.3, 0.4) is 0 Å². The molecule has 0 spiro atoms. The normalized spacial score (nSPS) is 12.9. The van der Waals surface area contributed by atoms with Crippen molar-refractivity contribution < 1.29 is 4.92 Å². The quantitative estimate of drug-likeness (QED) is 0.339. The molecule has 0 aromatic carbocycles. The Bertz CT molecular complexity index is 115. The predicted molar refractivity (Wildman–Crippen MR) is 45.2 cm³/mol. The predicted octanol–water partition coefficient (Wildman–Crippen LogP) is 2.62. The number of nitro groups is 1. The lowest BCUT2D eigenvalue weighted by atomic mass is 10.1. The topological polar surface area (TPSA) is 43.1 Å². The van der Waals surface area contributed by atoms with Crippen LogP contribution in [0.1, 0.15) is 46.0 Å². The van der Waals surface area contributed by atoms with E-state index in [0.29, 0.717) is 0 Å². The number of hydrogen-bond donors (Lipinski definition) is 0. The summed E-state index contributed by atoms with van der Waals surface area (Å²) in [6.45, 7) is 3.81. The molecule has 0 saturated heterocycles. The van der Waals surface area contributed by atoms with Gasteiger partial charge in [-0.15, -0.1) is 0 Å². The number of rotatable bonds is 6. The van der Waals surface area contributed by atoms with Crippen LogP contribution in [-0.4, -0.2) is 11.0 Å². The molecule has 0 aromatic rings. The number of hydrogen-bond acceptors (Lipinski definition) is 2. The van der Waals surface area contributed by atoms with E-state index in [0.717, 1.165) is 19.3 Å². The Morgan fingerprint density at radius 3 is 2.45 bits per heavy atom. The third kappa shape index (κ3) is 5.83. The zero-order valence-electron chi connectivity index (χ0n) is 7.38. The summed E-state index contributed by atoms with van der Waals surface area (Å²) in [6.07, 6.45) is 5.24. The van der Waals surface area contributed by atoms with Crippen molar-refractivity contribution in [3.63, 3.8) is 0 Å². The fourth-order valence-electron chi connectivity index (χ4n) is 0.972. The summed E-state index contributed by atoms with van der Waals surface area (Å²) in [7, 11) is 0. The Labute approximate surface area is 67.9 Å². The lowest BCUT2D eigenvalue weighted by Gasteiger charge is -2.01. The molecule has 0 aliphatic rings. The van der Waals surface area contributed by atoms with Crippen molar-refractivity contribution in [3.8, 4) is 0 Å². The van der Waals surface area contributed by atoms with E-state index in [-0.39, 0.29) is 11.0 Å². The van der Waals surface area contributed by atoms with E-state index >= 15 is 0 Å². The summed E-state index contributed by atoms with van der Waals surface area (Å²) >= 11 is 0. The third-order valence-electron chi connectivity index (χ3n) is 1.84. The van der Waals surface area contributed by atoms with Crippen molar-refractivity contribution in [3.05, 3.63) is 10.1 Å². The Morgan fingerprint density at radius 2 is 2.00 bits per heavy atom. The zero-order valence-corrected chi connectivity index (χ0v) is 7.38. The minimum Gasteiger partial charge on any atom is -0.264 e. The molecule has 0 rings (SSSR count). The highest BCUT2D eigenvalue weighted by Gasteiger charge is 2.10. The monoisotopic (exact) mass is 159 g/mol. The highest BCUT2D eigenvalue weighted by atomic mass is 16.6. The van der Waals surface area contributed by atoms with E-state index in [1.165, 1.54) is 12.8 Å². The molecule has 0 unspecified atom stereocenters. The van der Waals surface area contributed by atoms with Gasteiger partial charge in [-0.25, -0.2) is 0 Å². The maximum atomic E-state index is 10.2. The second-order valence-corrected chi connectivity index (χ2v) is 2.98. The molecule has 0 saturated carbocycles. The molecule has 0 aliphatic heterocycles. The van der Waals surface area contributed by atoms with Gasteiger partial charge in [0.1, 0.15) is 0 Å². The summed E-state index contributed by atoms with van der Waals surface area (Å²) in [6, 6.07) is -0.355. The van der Waals surface area contributed by atoms with E-state index in [2.05, 4.69) is 6.92 Å². The molecule has 66 valence electrons. The molecule has 0 amide bonds. The van der Waals surface area contributed by atoms with Crippen LogP contribution in [0.25, 0.3) is 0 Å². The van der Waals surface area contributed by atoms with Crippen LogP contribution >= 0.6 is 0 Å². The summed E-state index contributed by atoms with van der Waals surface area (Å²) in [4.78, 5) is 9.97. The first kappa shape index (κ1) is 10.4. The smallest absolute Gasteiger partial charge is 0.210 e. The Balaban J connectivity index is 3.17. The highest BCUT2D eigenvalue weighted by molar-refractivity contribution is 4.49. The second kappa shape index (κ2) is 6.13. The minimum absolute atomic E-state index is 0.202. The van der Waals surface area contributed by atoms with Crippen LogP contribution in [0.5, 0.6) is 0 Å². The van der Waals surface area contributed by atoms with Crippen LogP contribution < -0.4 is 0 Å². The SMILES string of the molecule is CCCCCC[C@@H](C)[N+](=O)[O-]. The first-order valence-electron chi connectivity index (χ1n) is 4.32. The molecule has 1 atom stereocenters. The highest BCUT2D eigenvalue weighted by Crippen LogP contribution is 2.06. The van der Waals surface area contributed by atoms with E-state index in [1.807, 2.05) is 0 Å². The van der Waals surface area contributed by atoms with Gasteiger partial charge < -0.3 is 0 Å². The van der Waals surface area contributed by atoms with E-state index < -0.39 is 0 Å². The first-order valence-corrected chi connectivity index (χ1v) is 4.32. The van der Waals surface area contributed by atoms with Crippen LogP contribution in [0.15, 0.2) is 0 Å². The van der Waals surface area contributed by atoms with Crippen molar-refractivity contribution in [2.75, 3.05) is 0 Å². The van der Waals surface area contributed by atoms with Crippen molar-refractivity contribution in [2.24, 2.45) is 0 Å². The summed E-state index contributed by atoms with van der Waals surface area (Å²) in [5.41, 5.74) is 0. The van der Waals surface area contributed by atoms with Crippen molar-refractivity contribution in [1.29, 1.82) is 0 Å². The molecule has 0 radical (unpaired) electrons.